The molecule has 1 aromatic carbocycles. The van der Waals surface area contributed by atoms with Gasteiger partial charge in [-0.2, -0.15) is 0 Å². The molecular weight excluding hydrogens is 322 g/mol. The Labute approximate surface area is 147 Å². The number of hydrogen-bond donors (Lipinski definition) is 0. The fourth-order valence-electron chi connectivity index (χ4n) is 2.25. The Balaban J connectivity index is 2.01. The maximum atomic E-state index is 6.02. The Kier molecular flexibility index (Phi) is 6.88. The average molecular weight is 345 g/mol. The Morgan fingerprint density at radius 2 is 1.88 bits per heavy atom. The van der Waals surface area contributed by atoms with Gasteiger partial charge in [-0.1, -0.05) is 17.3 Å². The van der Waals surface area contributed by atoms with Crippen molar-refractivity contribution in [3.05, 3.63) is 57.3 Å². The number of nitrogens with zero attached hydrogens (tertiary/aromatic N) is 1. The van der Waals surface area contributed by atoms with Crippen LogP contribution in [0, 0.1) is 13.8 Å². The van der Waals surface area contributed by atoms with Gasteiger partial charge in [0.2, 0.25) is 0 Å². The molecule has 0 amide bonds. The maximum Gasteiger partial charge on any atom is 0.125 e. The molecule has 2 rings (SSSR count). The fourth-order valence-corrected chi connectivity index (χ4v) is 3.04. The van der Waals surface area contributed by atoms with Crippen LogP contribution in [0.1, 0.15) is 27.8 Å². The number of benzene rings is 1. The van der Waals surface area contributed by atoms with Crippen molar-refractivity contribution in [3.63, 3.8) is 0 Å². The fraction of sp³-hybridized carbons (Fsp3) is 0.316. The molecule has 0 bridgehead atoms. The highest BCUT2D eigenvalue weighted by Crippen LogP contribution is 2.29. The van der Waals surface area contributed by atoms with Crippen LogP contribution in [-0.2, 0) is 11.4 Å². The van der Waals surface area contributed by atoms with Crippen LogP contribution in [0.25, 0.3) is 0 Å². The molecule has 24 heavy (non-hydrogen) atoms. The second kappa shape index (κ2) is 9.13. The van der Waals surface area contributed by atoms with Gasteiger partial charge in [0, 0.05) is 9.75 Å². The van der Waals surface area contributed by atoms with Crippen molar-refractivity contribution in [1.29, 1.82) is 0 Å². The minimum atomic E-state index is 0.534. The van der Waals surface area contributed by atoms with E-state index < -0.39 is 0 Å². The summed E-state index contributed by atoms with van der Waals surface area (Å²) >= 11 is 1.63. The van der Waals surface area contributed by atoms with Crippen LogP contribution in [-0.4, -0.2) is 19.9 Å². The first-order valence-corrected chi connectivity index (χ1v) is 8.59. The summed E-state index contributed by atoms with van der Waals surface area (Å²) in [5.41, 5.74) is 2.14. The van der Waals surface area contributed by atoms with Crippen LogP contribution in [0.3, 0.4) is 0 Å². The highest BCUT2D eigenvalue weighted by Gasteiger charge is 2.08. The summed E-state index contributed by atoms with van der Waals surface area (Å²) in [6, 6.07) is 8.07. The molecule has 0 atom stereocenters. The lowest BCUT2D eigenvalue weighted by Gasteiger charge is -2.14. The zero-order chi connectivity index (χ0) is 17.4. The number of ether oxygens (including phenoxy) is 2. The van der Waals surface area contributed by atoms with E-state index >= 15 is 0 Å². The van der Waals surface area contributed by atoms with E-state index in [0.717, 1.165) is 32.4 Å². The summed E-state index contributed by atoms with van der Waals surface area (Å²) in [5, 5.41) is 3.77. The van der Waals surface area contributed by atoms with E-state index in [4.69, 9.17) is 14.3 Å². The highest BCUT2D eigenvalue weighted by atomic mass is 32.1. The van der Waals surface area contributed by atoms with Crippen molar-refractivity contribution in [2.75, 3.05) is 13.7 Å². The third-order valence-corrected chi connectivity index (χ3v) is 4.34. The minimum absolute atomic E-state index is 0.534. The lowest BCUT2D eigenvalue weighted by Crippen LogP contribution is -1.99. The monoisotopic (exact) mass is 345 g/mol. The van der Waals surface area contributed by atoms with Crippen molar-refractivity contribution >= 4 is 17.6 Å². The van der Waals surface area contributed by atoms with E-state index in [1.807, 2.05) is 57.2 Å². The second-order valence-electron chi connectivity index (χ2n) is 5.28. The Hall–Kier alpha value is -2.27. The molecule has 0 aliphatic carbocycles. The van der Waals surface area contributed by atoms with Gasteiger partial charge in [0.05, 0.1) is 6.21 Å². The van der Waals surface area contributed by atoms with Gasteiger partial charge < -0.3 is 14.3 Å². The zero-order valence-corrected chi connectivity index (χ0v) is 15.4. The van der Waals surface area contributed by atoms with Crippen LogP contribution in [0.2, 0.25) is 0 Å². The van der Waals surface area contributed by atoms with Gasteiger partial charge in [0.1, 0.15) is 31.8 Å². The summed E-state index contributed by atoms with van der Waals surface area (Å²) in [6.45, 7) is 7.17. The Morgan fingerprint density at radius 1 is 1.12 bits per heavy atom. The summed E-state index contributed by atoms with van der Waals surface area (Å²) in [4.78, 5) is 6.87. The number of aryl methyl sites for hydroxylation is 2. The summed E-state index contributed by atoms with van der Waals surface area (Å²) in [7, 11) is 1.53. The van der Waals surface area contributed by atoms with Gasteiger partial charge in [-0.15, -0.1) is 11.3 Å². The first kappa shape index (κ1) is 18.1. The topological polar surface area (TPSA) is 40.0 Å². The molecule has 128 valence electrons. The van der Waals surface area contributed by atoms with Gasteiger partial charge >= 0.3 is 0 Å². The first-order valence-electron chi connectivity index (χ1n) is 7.77. The SMILES string of the molecule is C/C=C/COc1cc(C)c(OCc2ccc(/C=N\OC)s2)c(C)c1. The average Bonchev–Trinajstić information content (AvgIpc) is 3.00. The zero-order valence-electron chi connectivity index (χ0n) is 14.5. The standard InChI is InChI=1S/C19H23NO3S/c1-5-6-9-22-16-10-14(2)19(15(3)11-16)23-13-18-8-7-17(24-18)12-20-21-4/h5-8,10-12H,9,13H2,1-4H3/b6-5+,20-12-. The number of thiophene rings is 1. The molecule has 5 heteroatoms. The molecule has 0 unspecified atom stereocenters. The molecule has 4 nitrogen and oxygen atoms in total. The summed E-state index contributed by atoms with van der Waals surface area (Å²) in [6.07, 6.45) is 5.65. The quantitative estimate of drug-likeness (QED) is 0.389. The molecule has 0 fully saturated rings. The number of allylic oxidation sites excluding steroid dienone is 1. The molecule has 0 saturated heterocycles. The molecule has 0 radical (unpaired) electrons. The smallest absolute Gasteiger partial charge is 0.125 e. The lowest BCUT2D eigenvalue weighted by atomic mass is 10.1. The van der Waals surface area contributed by atoms with Gasteiger partial charge in [-0.05, 0) is 56.2 Å². The van der Waals surface area contributed by atoms with Crippen LogP contribution >= 0.6 is 11.3 Å². The molecule has 1 aromatic heterocycles. The van der Waals surface area contributed by atoms with Crippen LogP contribution in [0.4, 0.5) is 0 Å². The van der Waals surface area contributed by atoms with Crippen molar-refractivity contribution in [2.24, 2.45) is 5.16 Å². The number of oxime groups is 1. The minimum Gasteiger partial charge on any atom is -0.490 e. The largest absolute Gasteiger partial charge is 0.490 e. The normalized spacial score (nSPS) is 11.3. The van der Waals surface area contributed by atoms with Gasteiger partial charge in [0.25, 0.3) is 0 Å². The molecule has 0 aliphatic heterocycles. The molecule has 2 aromatic rings. The van der Waals surface area contributed by atoms with Crippen LogP contribution in [0.5, 0.6) is 11.5 Å². The summed E-state index contributed by atoms with van der Waals surface area (Å²) < 4.78 is 11.7. The van der Waals surface area contributed by atoms with E-state index in [-0.39, 0.29) is 0 Å². The predicted molar refractivity (Wildman–Crippen MR) is 99.5 cm³/mol. The van der Waals surface area contributed by atoms with Crippen molar-refractivity contribution in [2.45, 2.75) is 27.4 Å². The number of rotatable bonds is 8. The molecule has 0 aliphatic rings. The van der Waals surface area contributed by atoms with Gasteiger partial charge in [-0.25, -0.2) is 0 Å². The molecular formula is C19H23NO3S. The lowest BCUT2D eigenvalue weighted by molar-refractivity contribution is 0.215. The van der Waals surface area contributed by atoms with Crippen molar-refractivity contribution < 1.29 is 14.3 Å². The summed E-state index contributed by atoms with van der Waals surface area (Å²) in [5.74, 6) is 1.78. The van der Waals surface area contributed by atoms with E-state index in [0.29, 0.717) is 13.2 Å². The molecule has 0 N–H and O–H groups in total. The molecule has 1 heterocycles. The Morgan fingerprint density at radius 3 is 2.54 bits per heavy atom. The van der Waals surface area contributed by atoms with Gasteiger partial charge in [0.15, 0.2) is 0 Å². The molecule has 0 spiro atoms. The predicted octanol–water partition coefficient (Wildman–Crippen LogP) is 4.88. The Bertz CT molecular complexity index is 696. The third-order valence-electron chi connectivity index (χ3n) is 3.34. The van der Waals surface area contributed by atoms with E-state index in [9.17, 15) is 0 Å². The van der Waals surface area contributed by atoms with Crippen LogP contribution < -0.4 is 9.47 Å². The molecule has 0 saturated carbocycles. The van der Waals surface area contributed by atoms with Crippen molar-refractivity contribution in [1.82, 2.24) is 0 Å². The van der Waals surface area contributed by atoms with Crippen molar-refractivity contribution in [3.8, 4) is 11.5 Å². The highest BCUT2D eigenvalue weighted by molar-refractivity contribution is 7.13. The van der Waals surface area contributed by atoms with Crippen LogP contribution in [0.15, 0.2) is 41.6 Å². The van der Waals surface area contributed by atoms with E-state index in [1.165, 1.54) is 7.11 Å². The van der Waals surface area contributed by atoms with E-state index in [1.54, 1.807) is 17.6 Å². The van der Waals surface area contributed by atoms with E-state index in [2.05, 4.69) is 5.16 Å². The second-order valence-corrected chi connectivity index (χ2v) is 6.48. The maximum absolute atomic E-state index is 6.02. The number of hydrogen-bond acceptors (Lipinski definition) is 5. The van der Waals surface area contributed by atoms with Gasteiger partial charge in [-0.3, -0.25) is 0 Å². The first-order chi connectivity index (χ1) is 11.6. The third kappa shape index (κ3) is 5.13.